The molecule has 0 heterocycles. The van der Waals surface area contributed by atoms with E-state index in [1.54, 1.807) is 11.8 Å². The van der Waals surface area contributed by atoms with Crippen LogP contribution in [0.15, 0.2) is 33.6 Å². The zero-order valence-electron chi connectivity index (χ0n) is 10.9. The molecule has 1 fully saturated rings. The first-order valence-electron chi connectivity index (χ1n) is 6.45. The summed E-state index contributed by atoms with van der Waals surface area (Å²) in [5, 5.41) is 11.8. The molecule has 2 rings (SSSR count). The molecule has 1 aliphatic carbocycles. The van der Waals surface area contributed by atoms with Gasteiger partial charge in [-0.05, 0) is 47.3 Å². The molecule has 0 atom stereocenters. The van der Waals surface area contributed by atoms with E-state index in [9.17, 15) is 9.59 Å². The number of carbonyl (C=O) groups is 2. The first-order valence-corrected chi connectivity index (χ1v) is 8.23. The number of carboxylic acid groups (broad SMARTS) is 1. The van der Waals surface area contributed by atoms with E-state index >= 15 is 0 Å². The van der Waals surface area contributed by atoms with Crippen molar-refractivity contribution in [3.8, 4) is 0 Å². The van der Waals surface area contributed by atoms with Crippen LogP contribution in [0.3, 0.4) is 0 Å². The van der Waals surface area contributed by atoms with Crippen LogP contribution in [0.4, 0.5) is 0 Å². The Balaban J connectivity index is 1.78. The number of nitrogens with one attached hydrogen (secondary N) is 1. The lowest BCUT2D eigenvalue weighted by Crippen LogP contribution is -2.59. The van der Waals surface area contributed by atoms with Crippen molar-refractivity contribution in [3.63, 3.8) is 0 Å². The highest BCUT2D eigenvalue weighted by molar-refractivity contribution is 9.10. The van der Waals surface area contributed by atoms with E-state index in [2.05, 4.69) is 21.2 Å². The van der Waals surface area contributed by atoms with Gasteiger partial charge in [-0.2, -0.15) is 0 Å². The Morgan fingerprint density at radius 1 is 1.35 bits per heavy atom. The summed E-state index contributed by atoms with van der Waals surface area (Å²) >= 11 is 5.03. The zero-order chi connectivity index (χ0) is 14.6. The van der Waals surface area contributed by atoms with Crippen LogP contribution in [0.1, 0.15) is 25.7 Å². The zero-order valence-corrected chi connectivity index (χ0v) is 13.3. The average Bonchev–Trinajstić information content (AvgIpc) is 2.36. The number of carboxylic acids is 1. The van der Waals surface area contributed by atoms with Gasteiger partial charge < -0.3 is 10.4 Å². The summed E-state index contributed by atoms with van der Waals surface area (Å²) in [7, 11) is 0. The Hall–Kier alpha value is -1.01. The largest absolute Gasteiger partial charge is 0.480 e. The maximum Gasteiger partial charge on any atom is 0.329 e. The lowest BCUT2D eigenvalue weighted by molar-refractivity contribution is -0.151. The van der Waals surface area contributed by atoms with Crippen molar-refractivity contribution in [1.29, 1.82) is 0 Å². The molecule has 1 saturated carbocycles. The quantitative estimate of drug-likeness (QED) is 0.767. The van der Waals surface area contributed by atoms with E-state index in [0.717, 1.165) is 15.8 Å². The van der Waals surface area contributed by atoms with E-state index in [0.29, 0.717) is 25.0 Å². The molecule has 1 aliphatic rings. The Morgan fingerprint density at radius 2 is 2.05 bits per heavy atom. The van der Waals surface area contributed by atoms with Crippen molar-refractivity contribution in [2.75, 3.05) is 5.75 Å². The minimum atomic E-state index is -1.00. The number of aliphatic carboxylic acids is 1. The molecule has 108 valence electrons. The maximum absolute atomic E-state index is 11.8. The Morgan fingerprint density at radius 3 is 2.60 bits per heavy atom. The van der Waals surface area contributed by atoms with E-state index in [1.807, 2.05) is 24.3 Å². The summed E-state index contributed by atoms with van der Waals surface area (Å²) in [6.45, 7) is 0. The number of halogens is 1. The van der Waals surface area contributed by atoms with Gasteiger partial charge in [0.1, 0.15) is 5.54 Å². The predicted octanol–water partition coefficient (Wildman–Crippen LogP) is 3.05. The van der Waals surface area contributed by atoms with Gasteiger partial charge in [-0.25, -0.2) is 4.79 Å². The fraction of sp³-hybridized carbons (Fsp3) is 0.429. The fourth-order valence-electron chi connectivity index (χ4n) is 2.07. The van der Waals surface area contributed by atoms with Gasteiger partial charge in [0.05, 0.1) is 0 Å². The van der Waals surface area contributed by atoms with Gasteiger partial charge in [-0.3, -0.25) is 4.79 Å². The van der Waals surface area contributed by atoms with Gasteiger partial charge >= 0.3 is 5.97 Å². The normalized spacial score (nSPS) is 16.2. The molecule has 20 heavy (non-hydrogen) atoms. The lowest BCUT2D eigenvalue weighted by Gasteiger charge is -2.38. The van der Waals surface area contributed by atoms with E-state index in [-0.39, 0.29) is 5.91 Å². The molecule has 1 aromatic carbocycles. The molecule has 4 nitrogen and oxygen atoms in total. The monoisotopic (exact) mass is 357 g/mol. The van der Waals surface area contributed by atoms with Crippen molar-refractivity contribution < 1.29 is 14.7 Å². The molecule has 2 N–H and O–H groups in total. The van der Waals surface area contributed by atoms with Gasteiger partial charge in [0.15, 0.2) is 0 Å². The standard InChI is InChI=1S/C14H16BrNO3S/c15-10-4-1-2-5-11(10)20-9-6-12(17)16-14(13(18)19)7-3-8-14/h1-2,4-5H,3,6-9H2,(H,16,17)(H,18,19). The number of carbonyl (C=O) groups excluding carboxylic acids is 1. The maximum atomic E-state index is 11.8. The SMILES string of the molecule is O=C(CCSc1ccccc1Br)NC1(C(=O)O)CCC1. The van der Waals surface area contributed by atoms with Crippen LogP contribution in [-0.2, 0) is 9.59 Å². The predicted molar refractivity (Wildman–Crippen MR) is 81.8 cm³/mol. The van der Waals surface area contributed by atoms with Gasteiger partial charge in [0, 0.05) is 21.5 Å². The Bertz CT molecular complexity index is 517. The highest BCUT2D eigenvalue weighted by Crippen LogP contribution is 2.32. The Kier molecular flexibility index (Phi) is 5.10. The summed E-state index contributed by atoms with van der Waals surface area (Å²) in [5.41, 5.74) is -1.00. The van der Waals surface area contributed by atoms with Crippen LogP contribution in [-0.4, -0.2) is 28.3 Å². The summed E-state index contributed by atoms with van der Waals surface area (Å²) in [6.07, 6.45) is 2.25. The summed E-state index contributed by atoms with van der Waals surface area (Å²) in [6, 6.07) is 7.82. The molecule has 1 amide bonds. The van der Waals surface area contributed by atoms with Gasteiger partial charge in [-0.1, -0.05) is 12.1 Å². The fourth-order valence-corrected chi connectivity index (χ4v) is 3.58. The van der Waals surface area contributed by atoms with Crippen molar-refractivity contribution in [1.82, 2.24) is 5.32 Å². The average molecular weight is 358 g/mol. The highest BCUT2D eigenvalue weighted by atomic mass is 79.9. The molecule has 6 heteroatoms. The van der Waals surface area contributed by atoms with Gasteiger partial charge in [0.2, 0.25) is 5.91 Å². The first kappa shape index (κ1) is 15.4. The number of benzene rings is 1. The summed E-state index contributed by atoms with van der Waals surface area (Å²) in [4.78, 5) is 24.1. The van der Waals surface area contributed by atoms with Crippen LogP contribution >= 0.6 is 27.7 Å². The van der Waals surface area contributed by atoms with Crippen molar-refractivity contribution in [2.24, 2.45) is 0 Å². The number of hydrogen-bond acceptors (Lipinski definition) is 3. The second kappa shape index (κ2) is 6.63. The molecule has 1 aromatic rings. The minimum absolute atomic E-state index is 0.188. The number of hydrogen-bond donors (Lipinski definition) is 2. The third-order valence-corrected chi connectivity index (χ3v) is 5.45. The summed E-state index contributed by atoms with van der Waals surface area (Å²) in [5.74, 6) is -0.480. The van der Waals surface area contributed by atoms with Crippen LogP contribution in [0.2, 0.25) is 0 Å². The molecule has 0 unspecified atom stereocenters. The van der Waals surface area contributed by atoms with Crippen LogP contribution in [0, 0.1) is 0 Å². The van der Waals surface area contributed by atoms with Crippen molar-refractivity contribution in [3.05, 3.63) is 28.7 Å². The van der Waals surface area contributed by atoms with Crippen LogP contribution in [0.5, 0.6) is 0 Å². The smallest absolute Gasteiger partial charge is 0.329 e. The number of thioether (sulfide) groups is 1. The molecule has 0 saturated heterocycles. The third kappa shape index (κ3) is 3.55. The molecule has 0 spiro atoms. The number of amides is 1. The second-order valence-corrected chi connectivity index (χ2v) is 6.81. The molecule has 0 bridgehead atoms. The summed E-state index contributed by atoms with van der Waals surface area (Å²) < 4.78 is 1.01. The van der Waals surface area contributed by atoms with Crippen molar-refractivity contribution in [2.45, 2.75) is 36.1 Å². The Labute approximate surface area is 130 Å². The molecular formula is C14H16BrNO3S. The van der Waals surface area contributed by atoms with E-state index < -0.39 is 11.5 Å². The highest BCUT2D eigenvalue weighted by Gasteiger charge is 2.45. The second-order valence-electron chi connectivity index (χ2n) is 4.82. The van der Waals surface area contributed by atoms with Crippen LogP contribution in [0.25, 0.3) is 0 Å². The van der Waals surface area contributed by atoms with E-state index in [4.69, 9.17) is 5.11 Å². The van der Waals surface area contributed by atoms with E-state index in [1.165, 1.54) is 0 Å². The number of rotatable bonds is 6. The molecular weight excluding hydrogens is 342 g/mol. The van der Waals surface area contributed by atoms with Gasteiger partial charge in [0.25, 0.3) is 0 Å². The molecule has 0 radical (unpaired) electrons. The van der Waals surface area contributed by atoms with Gasteiger partial charge in [-0.15, -0.1) is 11.8 Å². The lowest BCUT2D eigenvalue weighted by atomic mass is 9.76. The minimum Gasteiger partial charge on any atom is -0.480 e. The molecule has 0 aliphatic heterocycles. The van der Waals surface area contributed by atoms with Crippen LogP contribution < -0.4 is 5.32 Å². The first-order chi connectivity index (χ1) is 9.53. The third-order valence-electron chi connectivity index (χ3n) is 3.42. The molecule has 0 aromatic heterocycles. The van der Waals surface area contributed by atoms with Crippen molar-refractivity contribution >= 4 is 39.6 Å². The topological polar surface area (TPSA) is 66.4 Å².